The highest BCUT2D eigenvalue weighted by Gasteiger charge is 2.18. The van der Waals surface area contributed by atoms with Gasteiger partial charge in [0.25, 0.3) is 0 Å². The molecule has 0 radical (unpaired) electrons. The number of hydrogen-bond donors (Lipinski definition) is 0. The van der Waals surface area contributed by atoms with E-state index in [-0.39, 0.29) is 0 Å². The van der Waals surface area contributed by atoms with Crippen LogP contribution in [-0.4, -0.2) is 9.97 Å². The molecule has 2 heterocycles. The minimum Gasteiger partial charge on any atom is -0.455 e. The molecule has 0 fully saturated rings. The lowest BCUT2D eigenvalue weighted by molar-refractivity contribution is 0.673. The fourth-order valence-electron chi connectivity index (χ4n) is 6.39. The molecule has 0 amide bonds. The van der Waals surface area contributed by atoms with Crippen molar-refractivity contribution in [3.63, 3.8) is 0 Å². The van der Waals surface area contributed by atoms with Crippen molar-refractivity contribution >= 4 is 65.2 Å². The normalized spacial score (nSPS) is 11.9. The van der Waals surface area contributed by atoms with Crippen molar-refractivity contribution < 1.29 is 4.42 Å². The molecule has 0 spiro atoms. The molecule has 0 N–H and O–H groups in total. The maximum atomic E-state index is 6.49. The third-order valence-electron chi connectivity index (χ3n) is 8.23. The third-order valence-corrected chi connectivity index (χ3v) is 8.23. The van der Waals surface area contributed by atoms with Crippen molar-refractivity contribution in [2.45, 2.75) is 0 Å². The molecule has 0 atom stereocenters. The van der Waals surface area contributed by atoms with Gasteiger partial charge in [0.15, 0.2) is 5.82 Å². The van der Waals surface area contributed by atoms with Gasteiger partial charge in [0.2, 0.25) is 0 Å². The van der Waals surface area contributed by atoms with Gasteiger partial charge < -0.3 is 4.42 Å². The first kappa shape index (κ1) is 22.3. The smallest absolute Gasteiger partial charge is 0.160 e. The summed E-state index contributed by atoms with van der Waals surface area (Å²) in [6.07, 6.45) is 0. The lowest BCUT2D eigenvalue weighted by atomic mass is 9.92. The minimum absolute atomic E-state index is 0.724. The molecule has 3 heteroatoms. The number of para-hydroxylation sites is 2. The van der Waals surface area contributed by atoms with Crippen LogP contribution in [0.1, 0.15) is 0 Å². The molecule has 0 aliphatic rings. The molecule has 0 aliphatic carbocycles. The Hall–Kier alpha value is -5.54. The van der Waals surface area contributed by atoms with Crippen molar-refractivity contribution in [3.8, 4) is 22.6 Å². The van der Waals surface area contributed by atoms with Gasteiger partial charge >= 0.3 is 0 Å². The largest absolute Gasteiger partial charge is 0.455 e. The lowest BCUT2D eigenvalue weighted by Gasteiger charge is -2.12. The number of benzene rings is 7. The number of fused-ring (bicyclic) bond motifs is 11. The summed E-state index contributed by atoms with van der Waals surface area (Å²) in [5.41, 5.74) is 5.82. The molecule has 0 saturated carbocycles. The molecule has 0 saturated heterocycles. The Kier molecular flexibility index (Phi) is 4.61. The summed E-state index contributed by atoms with van der Waals surface area (Å²) in [7, 11) is 0. The van der Waals surface area contributed by atoms with Crippen molar-refractivity contribution in [1.82, 2.24) is 9.97 Å². The number of aromatic nitrogens is 2. The van der Waals surface area contributed by atoms with E-state index in [0.29, 0.717) is 0 Å². The van der Waals surface area contributed by atoms with E-state index in [1.54, 1.807) is 0 Å². The summed E-state index contributed by atoms with van der Waals surface area (Å²) in [6.45, 7) is 0. The van der Waals surface area contributed by atoms with Crippen molar-refractivity contribution in [1.29, 1.82) is 0 Å². The Morgan fingerprint density at radius 1 is 0.439 bits per heavy atom. The molecular formula is C38H22N2O. The predicted octanol–water partition coefficient (Wildman–Crippen LogP) is 10.3. The summed E-state index contributed by atoms with van der Waals surface area (Å²) in [4.78, 5) is 10.1. The first-order chi connectivity index (χ1) is 20.3. The number of rotatable bonds is 2. The number of nitrogens with zero attached hydrogens (tertiary/aromatic N) is 2. The van der Waals surface area contributed by atoms with E-state index in [1.165, 1.54) is 26.9 Å². The van der Waals surface area contributed by atoms with Crippen LogP contribution < -0.4 is 0 Å². The van der Waals surface area contributed by atoms with Gasteiger partial charge in [-0.15, -0.1) is 0 Å². The van der Waals surface area contributed by atoms with Crippen LogP contribution in [0.3, 0.4) is 0 Å². The molecule has 9 aromatic rings. The third kappa shape index (κ3) is 3.26. The molecule has 3 nitrogen and oxygen atoms in total. The highest BCUT2D eigenvalue weighted by molar-refractivity contribution is 6.34. The van der Waals surface area contributed by atoms with Gasteiger partial charge in [0.1, 0.15) is 11.2 Å². The fraction of sp³-hybridized carbons (Fsp3) is 0. The fourth-order valence-corrected chi connectivity index (χ4v) is 6.39. The van der Waals surface area contributed by atoms with Gasteiger partial charge in [-0.3, -0.25) is 0 Å². The first-order valence-electron chi connectivity index (χ1n) is 13.8. The number of furan rings is 1. The molecule has 9 rings (SSSR count). The summed E-state index contributed by atoms with van der Waals surface area (Å²) in [5.74, 6) is 0.724. The van der Waals surface area contributed by atoms with Gasteiger partial charge in [-0.2, -0.15) is 0 Å². The van der Waals surface area contributed by atoms with Crippen LogP contribution in [0.2, 0.25) is 0 Å². The second-order valence-electron chi connectivity index (χ2n) is 10.6. The Labute approximate surface area is 235 Å². The molecule has 7 aromatic carbocycles. The van der Waals surface area contributed by atoms with Crippen LogP contribution >= 0.6 is 0 Å². The first-order valence-corrected chi connectivity index (χ1v) is 13.8. The van der Waals surface area contributed by atoms with Crippen LogP contribution in [0.4, 0.5) is 0 Å². The molecule has 41 heavy (non-hydrogen) atoms. The lowest BCUT2D eigenvalue weighted by Crippen LogP contribution is -1.95. The van der Waals surface area contributed by atoms with E-state index in [4.69, 9.17) is 14.4 Å². The maximum Gasteiger partial charge on any atom is 0.160 e. The highest BCUT2D eigenvalue weighted by Crippen LogP contribution is 2.43. The summed E-state index contributed by atoms with van der Waals surface area (Å²) < 4.78 is 6.49. The van der Waals surface area contributed by atoms with Gasteiger partial charge in [0, 0.05) is 38.1 Å². The van der Waals surface area contributed by atoms with E-state index in [2.05, 4.69) is 109 Å². The van der Waals surface area contributed by atoms with Crippen LogP contribution in [0.5, 0.6) is 0 Å². The van der Waals surface area contributed by atoms with Crippen molar-refractivity contribution in [2.75, 3.05) is 0 Å². The van der Waals surface area contributed by atoms with E-state index in [9.17, 15) is 0 Å². The second-order valence-corrected chi connectivity index (χ2v) is 10.6. The minimum atomic E-state index is 0.724. The highest BCUT2D eigenvalue weighted by atomic mass is 16.3. The van der Waals surface area contributed by atoms with Gasteiger partial charge in [-0.05, 0) is 45.8 Å². The molecule has 0 bridgehead atoms. The summed E-state index contributed by atoms with van der Waals surface area (Å²) in [5, 5.41) is 10.5. The van der Waals surface area contributed by atoms with Gasteiger partial charge in [-0.25, -0.2) is 9.97 Å². The summed E-state index contributed by atoms with van der Waals surface area (Å²) >= 11 is 0. The van der Waals surface area contributed by atoms with Crippen molar-refractivity contribution in [3.05, 3.63) is 133 Å². The summed E-state index contributed by atoms with van der Waals surface area (Å²) in [6, 6.07) is 46.5. The topological polar surface area (TPSA) is 38.9 Å². The van der Waals surface area contributed by atoms with Crippen LogP contribution in [0, 0.1) is 0 Å². The zero-order valence-corrected chi connectivity index (χ0v) is 22.0. The Morgan fingerprint density at radius 3 is 1.98 bits per heavy atom. The SMILES string of the molecule is c1ccc(-c2nc(-c3ccc4c(ccc5c6oc7ccccc7c6c6ccccc6c45)c3)nc3ccccc23)cc1. The molecule has 2 aromatic heterocycles. The van der Waals surface area contributed by atoms with Crippen LogP contribution in [-0.2, 0) is 0 Å². The van der Waals surface area contributed by atoms with E-state index in [1.807, 2.05) is 24.3 Å². The standard InChI is InChI=1S/C38H22N2O/c1-2-10-23(11-3-1)36-29-14-6-8-16-32(29)39-38(40-36)25-19-20-26-24(22-25)18-21-31-34(26)27-12-4-5-13-28(27)35-30-15-7-9-17-33(30)41-37(31)35/h1-22H. The maximum absolute atomic E-state index is 6.49. The molecule has 190 valence electrons. The Bertz CT molecular complexity index is 2470. The van der Waals surface area contributed by atoms with Crippen LogP contribution in [0.25, 0.3) is 87.8 Å². The quantitative estimate of drug-likeness (QED) is 0.212. The number of hydrogen-bond acceptors (Lipinski definition) is 3. The predicted molar refractivity (Wildman–Crippen MR) is 170 cm³/mol. The van der Waals surface area contributed by atoms with Crippen LogP contribution in [0.15, 0.2) is 138 Å². The average molecular weight is 523 g/mol. The van der Waals surface area contributed by atoms with Crippen molar-refractivity contribution in [2.24, 2.45) is 0 Å². The van der Waals surface area contributed by atoms with Gasteiger partial charge in [0.05, 0.1) is 11.2 Å². The zero-order valence-electron chi connectivity index (χ0n) is 22.0. The van der Waals surface area contributed by atoms with Gasteiger partial charge in [-0.1, -0.05) is 109 Å². The molecular weight excluding hydrogens is 500 g/mol. The van der Waals surface area contributed by atoms with E-state index >= 15 is 0 Å². The zero-order chi connectivity index (χ0) is 26.9. The second kappa shape index (κ2) is 8.48. The average Bonchev–Trinajstić information content (AvgIpc) is 3.44. The van der Waals surface area contributed by atoms with E-state index < -0.39 is 0 Å². The molecule has 0 aliphatic heterocycles. The Balaban J connectivity index is 1.33. The molecule has 0 unspecified atom stereocenters. The Morgan fingerprint density at radius 2 is 1.12 bits per heavy atom. The monoisotopic (exact) mass is 522 g/mol. The van der Waals surface area contributed by atoms with E-state index in [0.717, 1.165) is 60.9 Å².